The molecule has 1 heterocycles. The van der Waals surface area contributed by atoms with Crippen LogP contribution >= 0.6 is 0 Å². The lowest BCUT2D eigenvalue weighted by molar-refractivity contribution is 0.0414. The number of piperidine rings is 1. The van der Waals surface area contributed by atoms with Crippen molar-refractivity contribution in [2.75, 3.05) is 6.54 Å². The molecule has 2 nitrogen and oxygen atoms in total. The fraction of sp³-hybridized carbons (Fsp3) is 1.00. The van der Waals surface area contributed by atoms with Crippen LogP contribution in [0.5, 0.6) is 0 Å². The molecule has 1 saturated carbocycles. The molecular weight excluding hydrogens is 174 g/mol. The molecule has 1 aliphatic carbocycles. The van der Waals surface area contributed by atoms with Crippen LogP contribution in [0.2, 0.25) is 0 Å². The standard InChI is InChI=1S/C12H23NO/c14-12(10-6-2-1-3-7-10)11-8-4-5-9-13-11/h10-14H,1-9H2/t11-,12+/m0/s1. The smallest absolute Gasteiger partial charge is 0.0721 e. The van der Waals surface area contributed by atoms with Crippen molar-refractivity contribution >= 4 is 0 Å². The topological polar surface area (TPSA) is 32.3 Å². The Morgan fingerprint density at radius 2 is 1.64 bits per heavy atom. The SMILES string of the molecule is O[C@H](C1CCCCC1)[C@@H]1CCCCN1. The van der Waals surface area contributed by atoms with Crippen LogP contribution in [0.3, 0.4) is 0 Å². The first-order valence-electron chi connectivity index (χ1n) is 6.29. The van der Waals surface area contributed by atoms with Gasteiger partial charge < -0.3 is 10.4 Å². The van der Waals surface area contributed by atoms with Crippen molar-refractivity contribution in [1.82, 2.24) is 5.32 Å². The minimum atomic E-state index is -0.0735. The van der Waals surface area contributed by atoms with Gasteiger partial charge in [-0.2, -0.15) is 0 Å². The van der Waals surface area contributed by atoms with Crippen LogP contribution in [-0.4, -0.2) is 23.8 Å². The second kappa shape index (κ2) is 5.13. The summed E-state index contributed by atoms with van der Waals surface area (Å²) >= 11 is 0. The molecule has 1 saturated heterocycles. The number of hydrogen-bond donors (Lipinski definition) is 2. The van der Waals surface area contributed by atoms with Gasteiger partial charge in [-0.05, 0) is 38.1 Å². The zero-order valence-corrected chi connectivity index (χ0v) is 9.04. The summed E-state index contributed by atoms with van der Waals surface area (Å²) in [5.74, 6) is 0.583. The predicted molar refractivity (Wildman–Crippen MR) is 58.2 cm³/mol. The molecule has 2 N–H and O–H groups in total. The summed E-state index contributed by atoms with van der Waals surface area (Å²) in [5.41, 5.74) is 0. The van der Waals surface area contributed by atoms with E-state index in [2.05, 4.69) is 5.32 Å². The van der Waals surface area contributed by atoms with E-state index in [-0.39, 0.29) is 6.10 Å². The molecule has 1 aliphatic heterocycles. The van der Waals surface area contributed by atoms with Gasteiger partial charge >= 0.3 is 0 Å². The zero-order valence-electron chi connectivity index (χ0n) is 9.04. The Balaban J connectivity index is 1.82. The van der Waals surface area contributed by atoms with Gasteiger partial charge in [0.15, 0.2) is 0 Å². The lowest BCUT2D eigenvalue weighted by Crippen LogP contribution is -2.46. The highest BCUT2D eigenvalue weighted by molar-refractivity contribution is 4.85. The first-order valence-corrected chi connectivity index (χ1v) is 6.29. The van der Waals surface area contributed by atoms with Crippen molar-refractivity contribution in [3.8, 4) is 0 Å². The normalized spacial score (nSPS) is 32.8. The monoisotopic (exact) mass is 197 g/mol. The van der Waals surface area contributed by atoms with Crippen LogP contribution in [0.25, 0.3) is 0 Å². The molecule has 0 aromatic heterocycles. The molecule has 0 amide bonds. The molecule has 2 heteroatoms. The Morgan fingerprint density at radius 3 is 2.29 bits per heavy atom. The fourth-order valence-electron chi connectivity index (χ4n) is 2.97. The van der Waals surface area contributed by atoms with Gasteiger partial charge in [-0.15, -0.1) is 0 Å². The van der Waals surface area contributed by atoms with Crippen molar-refractivity contribution in [2.24, 2.45) is 5.92 Å². The predicted octanol–water partition coefficient (Wildman–Crippen LogP) is 2.07. The average Bonchev–Trinajstić information content (AvgIpc) is 2.30. The molecule has 2 fully saturated rings. The van der Waals surface area contributed by atoms with Gasteiger partial charge in [0.05, 0.1) is 6.10 Å². The molecule has 0 aromatic carbocycles. The van der Waals surface area contributed by atoms with Crippen molar-refractivity contribution in [2.45, 2.75) is 63.5 Å². The molecule has 0 spiro atoms. The summed E-state index contributed by atoms with van der Waals surface area (Å²) in [6, 6.07) is 0.395. The van der Waals surface area contributed by atoms with Gasteiger partial charge in [0, 0.05) is 6.04 Å². The molecule has 82 valence electrons. The van der Waals surface area contributed by atoms with Gasteiger partial charge in [-0.3, -0.25) is 0 Å². The zero-order chi connectivity index (χ0) is 9.80. The summed E-state index contributed by atoms with van der Waals surface area (Å²) in [6.07, 6.45) is 10.2. The van der Waals surface area contributed by atoms with E-state index in [1.807, 2.05) is 0 Å². The van der Waals surface area contributed by atoms with E-state index in [0.717, 1.165) is 6.54 Å². The largest absolute Gasteiger partial charge is 0.391 e. The van der Waals surface area contributed by atoms with Crippen LogP contribution in [0, 0.1) is 5.92 Å². The number of aliphatic hydroxyl groups is 1. The summed E-state index contributed by atoms with van der Waals surface area (Å²) in [5, 5.41) is 13.7. The third-order valence-electron chi connectivity index (χ3n) is 3.89. The van der Waals surface area contributed by atoms with E-state index >= 15 is 0 Å². The minimum Gasteiger partial charge on any atom is -0.391 e. The maximum absolute atomic E-state index is 10.2. The van der Waals surface area contributed by atoms with E-state index in [1.54, 1.807) is 0 Å². The van der Waals surface area contributed by atoms with Crippen molar-refractivity contribution in [1.29, 1.82) is 0 Å². The molecule has 0 bridgehead atoms. The van der Waals surface area contributed by atoms with Crippen LogP contribution in [0.1, 0.15) is 51.4 Å². The summed E-state index contributed by atoms with van der Waals surface area (Å²) in [4.78, 5) is 0. The third kappa shape index (κ3) is 2.48. The lowest BCUT2D eigenvalue weighted by Gasteiger charge is -2.34. The summed E-state index contributed by atoms with van der Waals surface area (Å²) in [6.45, 7) is 1.11. The number of aliphatic hydroxyl groups excluding tert-OH is 1. The molecule has 0 aromatic rings. The van der Waals surface area contributed by atoms with E-state index in [0.29, 0.717) is 12.0 Å². The molecule has 14 heavy (non-hydrogen) atoms. The Kier molecular flexibility index (Phi) is 3.82. The number of rotatable bonds is 2. The summed E-state index contributed by atoms with van der Waals surface area (Å²) < 4.78 is 0. The van der Waals surface area contributed by atoms with Gasteiger partial charge in [0.1, 0.15) is 0 Å². The first-order chi connectivity index (χ1) is 6.88. The number of nitrogens with one attached hydrogen (secondary N) is 1. The first kappa shape index (κ1) is 10.4. The van der Waals surface area contributed by atoms with Crippen LogP contribution in [-0.2, 0) is 0 Å². The van der Waals surface area contributed by atoms with E-state index < -0.39 is 0 Å². The Labute approximate surface area is 87.1 Å². The lowest BCUT2D eigenvalue weighted by atomic mass is 9.81. The minimum absolute atomic E-state index is 0.0735. The quantitative estimate of drug-likeness (QED) is 0.710. The Bertz CT molecular complexity index is 142. The highest BCUT2D eigenvalue weighted by atomic mass is 16.3. The van der Waals surface area contributed by atoms with Gasteiger partial charge in [-0.1, -0.05) is 25.7 Å². The van der Waals surface area contributed by atoms with Crippen molar-refractivity contribution in [3.63, 3.8) is 0 Å². The average molecular weight is 197 g/mol. The molecule has 0 unspecified atom stereocenters. The van der Waals surface area contributed by atoms with Crippen molar-refractivity contribution < 1.29 is 5.11 Å². The molecule has 2 rings (SSSR count). The molecule has 0 radical (unpaired) electrons. The van der Waals surface area contributed by atoms with E-state index in [1.165, 1.54) is 51.4 Å². The number of hydrogen-bond acceptors (Lipinski definition) is 2. The highest BCUT2D eigenvalue weighted by Crippen LogP contribution is 2.29. The second-order valence-electron chi connectivity index (χ2n) is 4.95. The molecular formula is C12H23NO. The van der Waals surface area contributed by atoms with Crippen molar-refractivity contribution in [3.05, 3.63) is 0 Å². The third-order valence-corrected chi connectivity index (χ3v) is 3.89. The van der Waals surface area contributed by atoms with Gasteiger partial charge in [0.25, 0.3) is 0 Å². The summed E-state index contributed by atoms with van der Waals surface area (Å²) in [7, 11) is 0. The second-order valence-corrected chi connectivity index (χ2v) is 4.95. The van der Waals surface area contributed by atoms with E-state index in [9.17, 15) is 5.11 Å². The Hall–Kier alpha value is -0.0800. The molecule has 2 aliphatic rings. The fourth-order valence-corrected chi connectivity index (χ4v) is 2.97. The molecule has 2 atom stereocenters. The van der Waals surface area contributed by atoms with Crippen LogP contribution in [0.4, 0.5) is 0 Å². The maximum atomic E-state index is 10.2. The van der Waals surface area contributed by atoms with Crippen LogP contribution in [0.15, 0.2) is 0 Å². The van der Waals surface area contributed by atoms with Gasteiger partial charge in [-0.25, -0.2) is 0 Å². The van der Waals surface area contributed by atoms with Gasteiger partial charge in [0.2, 0.25) is 0 Å². The maximum Gasteiger partial charge on any atom is 0.0721 e. The highest BCUT2D eigenvalue weighted by Gasteiger charge is 2.29. The van der Waals surface area contributed by atoms with E-state index in [4.69, 9.17) is 0 Å². The Morgan fingerprint density at radius 1 is 0.929 bits per heavy atom. The van der Waals surface area contributed by atoms with Crippen LogP contribution < -0.4 is 5.32 Å².